The molecule has 0 aliphatic heterocycles. The van der Waals surface area contributed by atoms with Gasteiger partial charge in [0, 0.05) is 0 Å². The van der Waals surface area contributed by atoms with E-state index in [0.717, 1.165) is 10.8 Å². The van der Waals surface area contributed by atoms with Crippen LogP contribution in [0.3, 0.4) is 0 Å². The first-order valence-electron chi connectivity index (χ1n) is 4.32. The van der Waals surface area contributed by atoms with E-state index < -0.39 is 10.1 Å². The maximum Gasteiger partial charge on any atom is 0.294 e. The topological polar surface area (TPSA) is 71.4 Å². The Hall–Kier alpha value is -1.72. The van der Waals surface area contributed by atoms with Crippen LogP contribution in [0.4, 0.5) is 0 Å². The van der Waals surface area contributed by atoms with Crippen molar-refractivity contribution in [1.82, 2.24) is 0 Å². The molecule has 0 aliphatic carbocycles. The highest BCUT2D eigenvalue weighted by Gasteiger charge is 2.08. The van der Waals surface area contributed by atoms with Crippen LogP contribution in [-0.4, -0.2) is 19.8 Å². The van der Waals surface area contributed by atoms with E-state index in [2.05, 4.69) is 0 Å². The van der Waals surface area contributed by atoms with Crippen molar-refractivity contribution in [3.8, 4) is 0 Å². The van der Waals surface area contributed by atoms with E-state index in [1.54, 1.807) is 12.1 Å². The lowest BCUT2D eigenvalue weighted by Gasteiger charge is -1.99. The van der Waals surface area contributed by atoms with Gasteiger partial charge in [-0.15, -0.1) is 0 Å². The molecule has 4 nitrogen and oxygen atoms in total. The van der Waals surface area contributed by atoms with Gasteiger partial charge in [0.1, 0.15) is 6.79 Å². The fourth-order valence-electron chi connectivity index (χ4n) is 1.33. The zero-order valence-electron chi connectivity index (χ0n) is 8.33. The molecule has 5 heteroatoms. The van der Waals surface area contributed by atoms with Gasteiger partial charge < -0.3 is 4.79 Å². The Kier molecular flexibility index (Phi) is 3.76. The predicted molar refractivity (Wildman–Crippen MR) is 60.9 cm³/mol. The number of hydrogen-bond acceptors (Lipinski definition) is 3. The van der Waals surface area contributed by atoms with Crippen LogP contribution in [-0.2, 0) is 14.9 Å². The third kappa shape index (κ3) is 2.65. The lowest BCUT2D eigenvalue weighted by Crippen LogP contribution is -1.97. The van der Waals surface area contributed by atoms with E-state index >= 15 is 0 Å². The van der Waals surface area contributed by atoms with Crippen LogP contribution < -0.4 is 0 Å². The number of hydrogen-bond donors (Lipinski definition) is 1. The smallest absolute Gasteiger partial charge is 0.294 e. The van der Waals surface area contributed by atoms with Crippen molar-refractivity contribution in [1.29, 1.82) is 0 Å². The van der Waals surface area contributed by atoms with E-state index in [0.29, 0.717) is 0 Å². The Balaban J connectivity index is 0.000000606. The average molecular weight is 238 g/mol. The molecule has 0 unspecified atom stereocenters. The van der Waals surface area contributed by atoms with Crippen LogP contribution in [0.1, 0.15) is 0 Å². The summed E-state index contributed by atoms with van der Waals surface area (Å²) in [6.07, 6.45) is 0. The molecule has 0 amide bonds. The summed E-state index contributed by atoms with van der Waals surface area (Å²) in [5.41, 5.74) is 0. The van der Waals surface area contributed by atoms with Gasteiger partial charge in [-0.3, -0.25) is 4.55 Å². The van der Waals surface area contributed by atoms with Crippen molar-refractivity contribution in [2.75, 3.05) is 0 Å². The molecule has 2 aromatic carbocycles. The highest BCUT2D eigenvalue weighted by Crippen LogP contribution is 2.18. The van der Waals surface area contributed by atoms with E-state index in [9.17, 15) is 8.42 Å². The molecule has 0 atom stereocenters. The van der Waals surface area contributed by atoms with Crippen molar-refractivity contribution in [3.63, 3.8) is 0 Å². The van der Waals surface area contributed by atoms with Crippen LogP contribution in [0.15, 0.2) is 47.4 Å². The maximum atomic E-state index is 10.8. The predicted octanol–water partition coefficient (Wildman–Crippen LogP) is 1.90. The van der Waals surface area contributed by atoms with Gasteiger partial charge in [-0.25, -0.2) is 0 Å². The SMILES string of the molecule is C=O.O=S(=O)(O)c1ccc2ccccc2c1. The molecule has 0 fully saturated rings. The highest BCUT2D eigenvalue weighted by molar-refractivity contribution is 7.85. The van der Waals surface area contributed by atoms with Gasteiger partial charge in [0.25, 0.3) is 10.1 Å². The summed E-state index contributed by atoms with van der Waals surface area (Å²) >= 11 is 0. The van der Waals surface area contributed by atoms with Crippen molar-refractivity contribution >= 4 is 27.7 Å². The van der Waals surface area contributed by atoms with Gasteiger partial charge >= 0.3 is 0 Å². The Labute approximate surface area is 93.3 Å². The molecule has 0 bridgehead atoms. The average Bonchev–Trinajstić information content (AvgIpc) is 2.30. The minimum atomic E-state index is -4.09. The van der Waals surface area contributed by atoms with Gasteiger partial charge in [0.05, 0.1) is 4.90 Å². The van der Waals surface area contributed by atoms with Gasteiger partial charge in [-0.1, -0.05) is 30.3 Å². The van der Waals surface area contributed by atoms with Crippen molar-refractivity contribution in [2.45, 2.75) is 4.90 Å². The molecule has 0 aromatic heterocycles. The minimum Gasteiger partial charge on any atom is -0.307 e. The van der Waals surface area contributed by atoms with Crippen LogP contribution in [0.5, 0.6) is 0 Å². The van der Waals surface area contributed by atoms with Crippen molar-refractivity contribution < 1.29 is 17.8 Å². The first-order valence-corrected chi connectivity index (χ1v) is 5.76. The Morgan fingerprint density at radius 2 is 1.50 bits per heavy atom. The third-order valence-electron chi connectivity index (χ3n) is 2.02. The fourth-order valence-corrected chi connectivity index (χ4v) is 1.84. The second-order valence-electron chi connectivity index (χ2n) is 2.98. The Morgan fingerprint density at radius 1 is 0.938 bits per heavy atom. The number of carbonyl (C=O) groups is 1. The van der Waals surface area contributed by atoms with Crippen LogP contribution >= 0.6 is 0 Å². The summed E-state index contributed by atoms with van der Waals surface area (Å²) in [6, 6.07) is 11.9. The minimum absolute atomic E-state index is 0.0730. The summed E-state index contributed by atoms with van der Waals surface area (Å²) in [5, 5.41) is 1.74. The molecule has 1 N–H and O–H groups in total. The third-order valence-corrected chi connectivity index (χ3v) is 2.87. The number of rotatable bonds is 1. The molecule has 16 heavy (non-hydrogen) atoms. The monoisotopic (exact) mass is 238 g/mol. The van der Waals surface area contributed by atoms with E-state index in [4.69, 9.17) is 9.35 Å². The molecule has 0 saturated heterocycles. The van der Waals surface area contributed by atoms with Gasteiger partial charge in [0.15, 0.2) is 0 Å². The zero-order valence-corrected chi connectivity index (χ0v) is 9.15. The van der Waals surface area contributed by atoms with E-state index in [-0.39, 0.29) is 4.90 Å². The van der Waals surface area contributed by atoms with Crippen LogP contribution in [0.2, 0.25) is 0 Å². The maximum absolute atomic E-state index is 10.8. The van der Waals surface area contributed by atoms with Crippen LogP contribution in [0, 0.1) is 0 Å². The molecule has 2 rings (SSSR count). The molecule has 0 saturated carbocycles. The second-order valence-corrected chi connectivity index (χ2v) is 4.41. The van der Waals surface area contributed by atoms with E-state index in [1.165, 1.54) is 12.1 Å². The summed E-state index contributed by atoms with van der Waals surface area (Å²) in [7, 11) is -4.09. The quantitative estimate of drug-likeness (QED) is 0.770. The zero-order chi connectivity index (χ0) is 12.2. The first kappa shape index (κ1) is 12.4. The van der Waals surface area contributed by atoms with Crippen molar-refractivity contribution in [3.05, 3.63) is 42.5 Å². The normalized spacial score (nSPS) is 10.6. The summed E-state index contributed by atoms with van der Waals surface area (Å²) < 4.78 is 30.5. The molecular weight excluding hydrogens is 228 g/mol. The lowest BCUT2D eigenvalue weighted by atomic mass is 10.1. The standard InChI is InChI=1S/C10H8O3S.CH2O/c11-14(12,13)10-6-5-8-3-1-2-4-9(8)7-10;1-2/h1-7H,(H,11,12,13);1H2. The molecule has 84 valence electrons. The molecule has 0 spiro atoms. The number of benzene rings is 2. The van der Waals surface area contributed by atoms with Gasteiger partial charge in [0.2, 0.25) is 0 Å². The molecule has 2 aromatic rings. The first-order chi connectivity index (χ1) is 7.57. The number of fused-ring (bicyclic) bond motifs is 1. The Morgan fingerprint density at radius 3 is 2.06 bits per heavy atom. The summed E-state index contributed by atoms with van der Waals surface area (Å²) in [4.78, 5) is 7.93. The van der Waals surface area contributed by atoms with Crippen molar-refractivity contribution in [2.24, 2.45) is 0 Å². The molecule has 0 radical (unpaired) electrons. The summed E-state index contributed by atoms with van der Waals surface area (Å²) in [5.74, 6) is 0. The molecular formula is C11H10O4S. The number of carbonyl (C=O) groups excluding carboxylic acids is 1. The van der Waals surface area contributed by atoms with Crippen LogP contribution in [0.25, 0.3) is 10.8 Å². The molecule has 0 heterocycles. The second kappa shape index (κ2) is 4.87. The summed E-state index contributed by atoms with van der Waals surface area (Å²) in [6.45, 7) is 2.00. The Bertz CT molecular complexity index is 590. The lowest BCUT2D eigenvalue weighted by molar-refractivity contribution is -0.0979. The van der Waals surface area contributed by atoms with Gasteiger partial charge in [-0.2, -0.15) is 8.42 Å². The molecule has 0 aliphatic rings. The van der Waals surface area contributed by atoms with E-state index in [1.807, 2.05) is 25.0 Å². The highest BCUT2D eigenvalue weighted by atomic mass is 32.2. The fraction of sp³-hybridized carbons (Fsp3) is 0. The van der Waals surface area contributed by atoms with Gasteiger partial charge in [-0.05, 0) is 22.9 Å². The largest absolute Gasteiger partial charge is 0.307 e.